The van der Waals surface area contributed by atoms with Crippen molar-refractivity contribution in [3.05, 3.63) is 62.5 Å². The summed E-state index contributed by atoms with van der Waals surface area (Å²) in [6.07, 6.45) is -4.33. The fourth-order valence-electron chi connectivity index (χ4n) is 1.91. The second-order valence-corrected chi connectivity index (χ2v) is 6.38. The minimum Gasteiger partial charge on any atom is -0.378 e. The van der Waals surface area contributed by atoms with Gasteiger partial charge in [0.2, 0.25) is 0 Å². The van der Waals surface area contributed by atoms with Crippen molar-refractivity contribution < 1.29 is 13.2 Å². The average Bonchev–Trinajstić information content (AvgIpc) is 2.41. The van der Waals surface area contributed by atoms with Crippen molar-refractivity contribution >= 4 is 37.5 Å². The maximum Gasteiger partial charge on any atom is 0.416 e. The Morgan fingerprint density at radius 2 is 1.76 bits per heavy atom. The molecular weight excluding hydrogens is 411 g/mol. The highest BCUT2D eigenvalue weighted by Crippen LogP contribution is 2.33. The van der Waals surface area contributed by atoms with Crippen molar-refractivity contribution in [2.75, 3.05) is 5.32 Å². The Bertz CT molecular complexity index is 641. The number of anilines is 1. The van der Waals surface area contributed by atoms with Crippen LogP contribution in [0.4, 0.5) is 18.9 Å². The zero-order valence-corrected chi connectivity index (χ0v) is 14.2. The van der Waals surface area contributed by atoms with Crippen molar-refractivity contribution in [3.8, 4) is 0 Å². The highest BCUT2D eigenvalue weighted by molar-refractivity contribution is 9.11. The number of halogens is 5. The smallest absolute Gasteiger partial charge is 0.378 e. The molecule has 1 unspecified atom stereocenters. The van der Waals surface area contributed by atoms with Crippen molar-refractivity contribution in [3.63, 3.8) is 0 Å². The predicted octanol–water partition coefficient (Wildman–Crippen LogP) is 6.40. The van der Waals surface area contributed by atoms with E-state index >= 15 is 0 Å². The molecule has 0 amide bonds. The van der Waals surface area contributed by atoms with Gasteiger partial charge in [0.15, 0.2) is 0 Å². The third kappa shape index (κ3) is 4.23. The van der Waals surface area contributed by atoms with Crippen LogP contribution in [0.1, 0.15) is 24.1 Å². The zero-order valence-electron chi connectivity index (χ0n) is 11.0. The standard InChI is InChI=1S/C15H12Br2F3N/c1-9(21-14-6-5-12(16)8-13(14)17)10-3-2-4-11(7-10)15(18,19)20/h2-9,21H,1H3. The summed E-state index contributed by atoms with van der Waals surface area (Å²) in [7, 11) is 0. The molecule has 2 rings (SSSR count). The first-order chi connectivity index (χ1) is 9.77. The largest absolute Gasteiger partial charge is 0.416 e. The summed E-state index contributed by atoms with van der Waals surface area (Å²) in [5.74, 6) is 0. The molecule has 0 aliphatic rings. The number of benzene rings is 2. The molecule has 0 fully saturated rings. The van der Waals surface area contributed by atoms with Crippen LogP contribution in [-0.4, -0.2) is 0 Å². The molecule has 0 saturated heterocycles. The summed E-state index contributed by atoms with van der Waals surface area (Å²) in [6, 6.07) is 10.7. The van der Waals surface area contributed by atoms with Gasteiger partial charge < -0.3 is 5.32 Å². The van der Waals surface area contributed by atoms with Crippen LogP contribution in [0, 0.1) is 0 Å². The first-order valence-corrected chi connectivity index (χ1v) is 7.75. The fourth-order valence-corrected chi connectivity index (χ4v) is 3.07. The number of rotatable bonds is 3. The molecule has 2 aromatic carbocycles. The summed E-state index contributed by atoms with van der Waals surface area (Å²) >= 11 is 6.78. The van der Waals surface area contributed by atoms with E-state index < -0.39 is 11.7 Å². The molecule has 1 nitrogen and oxygen atoms in total. The van der Waals surface area contributed by atoms with Crippen molar-refractivity contribution in [2.24, 2.45) is 0 Å². The van der Waals surface area contributed by atoms with Gasteiger partial charge in [-0.1, -0.05) is 28.1 Å². The Morgan fingerprint density at radius 3 is 2.38 bits per heavy atom. The minimum atomic E-state index is -4.33. The van der Waals surface area contributed by atoms with Gasteiger partial charge in [-0.3, -0.25) is 0 Å². The lowest BCUT2D eigenvalue weighted by Crippen LogP contribution is -2.10. The molecule has 1 N–H and O–H groups in total. The average molecular weight is 423 g/mol. The van der Waals surface area contributed by atoms with Crippen LogP contribution in [0.2, 0.25) is 0 Å². The molecule has 0 radical (unpaired) electrons. The molecular formula is C15H12Br2F3N. The topological polar surface area (TPSA) is 12.0 Å². The summed E-state index contributed by atoms with van der Waals surface area (Å²) in [6.45, 7) is 1.82. The van der Waals surface area contributed by atoms with Crippen LogP contribution in [0.3, 0.4) is 0 Å². The van der Waals surface area contributed by atoms with Crippen LogP contribution in [0.25, 0.3) is 0 Å². The van der Waals surface area contributed by atoms with Crippen molar-refractivity contribution in [2.45, 2.75) is 19.1 Å². The molecule has 6 heteroatoms. The van der Waals surface area contributed by atoms with Crippen LogP contribution < -0.4 is 5.32 Å². The van der Waals surface area contributed by atoms with Gasteiger partial charge in [-0.05, 0) is 58.7 Å². The van der Waals surface area contributed by atoms with E-state index in [4.69, 9.17) is 0 Å². The molecule has 112 valence electrons. The number of nitrogens with one attached hydrogen (secondary N) is 1. The third-order valence-electron chi connectivity index (χ3n) is 3.02. The van der Waals surface area contributed by atoms with Gasteiger partial charge >= 0.3 is 6.18 Å². The molecule has 0 aliphatic carbocycles. The predicted molar refractivity (Wildman–Crippen MR) is 85.3 cm³/mol. The van der Waals surface area contributed by atoms with E-state index in [9.17, 15) is 13.2 Å². The quantitative estimate of drug-likeness (QED) is 0.603. The van der Waals surface area contributed by atoms with Crippen molar-refractivity contribution in [1.82, 2.24) is 0 Å². The zero-order chi connectivity index (χ0) is 15.6. The Kier molecular flexibility index (Phi) is 4.99. The third-order valence-corrected chi connectivity index (χ3v) is 4.17. The molecule has 0 aromatic heterocycles. The van der Waals surface area contributed by atoms with Crippen LogP contribution >= 0.6 is 31.9 Å². The molecule has 2 aromatic rings. The highest BCUT2D eigenvalue weighted by atomic mass is 79.9. The number of hydrogen-bond acceptors (Lipinski definition) is 1. The summed E-state index contributed by atoms with van der Waals surface area (Å²) in [5, 5.41) is 3.20. The maximum absolute atomic E-state index is 12.7. The summed E-state index contributed by atoms with van der Waals surface area (Å²) < 4.78 is 40.0. The molecule has 0 heterocycles. The first kappa shape index (κ1) is 16.4. The van der Waals surface area contributed by atoms with Crippen LogP contribution in [0.15, 0.2) is 51.4 Å². The molecule has 1 atom stereocenters. The lowest BCUT2D eigenvalue weighted by molar-refractivity contribution is -0.137. The maximum atomic E-state index is 12.7. The van der Waals surface area contributed by atoms with E-state index in [0.29, 0.717) is 5.56 Å². The van der Waals surface area contributed by atoms with Gasteiger partial charge in [0.05, 0.1) is 5.56 Å². The SMILES string of the molecule is CC(Nc1ccc(Br)cc1Br)c1cccc(C(F)(F)F)c1. The second kappa shape index (κ2) is 6.40. The number of alkyl halides is 3. The van der Waals surface area contributed by atoms with E-state index in [1.165, 1.54) is 12.1 Å². The Morgan fingerprint density at radius 1 is 1.05 bits per heavy atom. The molecule has 0 saturated carbocycles. The highest BCUT2D eigenvalue weighted by Gasteiger charge is 2.30. The Balaban J connectivity index is 2.22. The van der Waals surface area contributed by atoms with Crippen molar-refractivity contribution in [1.29, 1.82) is 0 Å². The lowest BCUT2D eigenvalue weighted by Gasteiger charge is -2.18. The van der Waals surface area contributed by atoms with Gasteiger partial charge in [-0.15, -0.1) is 0 Å². The fraction of sp³-hybridized carbons (Fsp3) is 0.200. The van der Waals surface area contributed by atoms with Gasteiger partial charge in [0.25, 0.3) is 0 Å². The first-order valence-electron chi connectivity index (χ1n) is 6.16. The van der Waals surface area contributed by atoms with Crippen LogP contribution in [-0.2, 0) is 6.18 Å². The van der Waals surface area contributed by atoms with Gasteiger partial charge in [-0.25, -0.2) is 0 Å². The lowest BCUT2D eigenvalue weighted by atomic mass is 10.0. The van der Waals surface area contributed by atoms with E-state index in [1.807, 2.05) is 25.1 Å². The molecule has 21 heavy (non-hydrogen) atoms. The van der Waals surface area contributed by atoms with E-state index in [2.05, 4.69) is 37.2 Å². The molecule has 0 spiro atoms. The molecule has 0 aliphatic heterocycles. The minimum absolute atomic E-state index is 0.246. The monoisotopic (exact) mass is 421 g/mol. The van der Waals surface area contributed by atoms with E-state index in [1.54, 1.807) is 6.07 Å². The van der Waals surface area contributed by atoms with Gasteiger partial charge in [-0.2, -0.15) is 13.2 Å². The normalized spacial score (nSPS) is 13.0. The Labute approximate surface area is 137 Å². The van der Waals surface area contributed by atoms with Crippen LogP contribution in [0.5, 0.6) is 0 Å². The van der Waals surface area contributed by atoms with E-state index in [-0.39, 0.29) is 6.04 Å². The molecule has 0 bridgehead atoms. The van der Waals surface area contributed by atoms with Gasteiger partial charge in [0.1, 0.15) is 0 Å². The summed E-state index contributed by atoms with van der Waals surface area (Å²) in [5.41, 5.74) is 0.770. The number of hydrogen-bond donors (Lipinski definition) is 1. The Hall–Kier alpha value is -1.01. The van der Waals surface area contributed by atoms with E-state index in [0.717, 1.165) is 20.7 Å². The summed E-state index contributed by atoms with van der Waals surface area (Å²) in [4.78, 5) is 0. The second-order valence-electron chi connectivity index (χ2n) is 4.61. The van der Waals surface area contributed by atoms with Gasteiger partial charge in [0, 0.05) is 20.7 Å².